The summed E-state index contributed by atoms with van der Waals surface area (Å²) >= 11 is 0. The Morgan fingerprint density at radius 1 is 0.900 bits per heavy atom. The lowest BCUT2D eigenvalue weighted by molar-refractivity contribution is -0.140. The van der Waals surface area contributed by atoms with Crippen LogP contribution in [0.1, 0.15) is 44.7 Å². The minimum absolute atomic E-state index is 0.0674. The monoisotopic (exact) mass is 565 g/mol. The van der Waals surface area contributed by atoms with Gasteiger partial charge in [-0.3, -0.25) is 13.9 Å². The number of methoxy groups -OCH3 is 1. The Balaban J connectivity index is 2.02. The van der Waals surface area contributed by atoms with Crippen molar-refractivity contribution in [3.8, 4) is 5.75 Å². The zero-order valence-corrected chi connectivity index (χ0v) is 24.6. The summed E-state index contributed by atoms with van der Waals surface area (Å²) < 4.78 is 34.1. The summed E-state index contributed by atoms with van der Waals surface area (Å²) in [4.78, 5) is 28.9. The fourth-order valence-electron chi connectivity index (χ4n) is 4.25. The highest BCUT2D eigenvalue weighted by Gasteiger charge is 2.33. The number of hydrogen-bond donors (Lipinski definition) is 1. The number of sulfonamides is 1. The van der Waals surface area contributed by atoms with E-state index in [0.717, 1.165) is 21.9 Å². The Labute approximate surface area is 238 Å². The van der Waals surface area contributed by atoms with Crippen molar-refractivity contribution in [3.05, 3.63) is 90.0 Å². The molecule has 2 amide bonds. The van der Waals surface area contributed by atoms with Gasteiger partial charge in [0.25, 0.3) is 10.0 Å². The van der Waals surface area contributed by atoms with E-state index >= 15 is 0 Å². The summed E-state index contributed by atoms with van der Waals surface area (Å²) in [6, 6.07) is 21.4. The maximum Gasteiger partial charge on any atom is 0.264 e. The Morgan fingerprint density at radius 2 is 1.52 bits per heavy atom. The van der Waals surface area contributed by atoms with Gasteiger partial charge in [0, 0.05) is 12.6 Å². The van der Waals surface area contributed by atoms with Gasteiger partial charge in [-0.2, -0.15) is 0 Å². The van der Waals surface area contributed by atoms with Crippen LogP contribution in [-0.2, 0) is 26.2 Å². The van der Waals surface area contributed by atoms with Crippen molar-refractivity contribution in [2.45, 2.75) is 64.1 Å². The predicted octanol–water partition coefficient (Wildman–Crippen LogP) is 4.92. The van der Waals surface area contributed by atoms with Crippen molar-refractivity contribution in [2.24, 2.45) is 0 Å². The molecule has 0 aliphatic rings. The van der Waals surface area contributed by atoms with Crippen molar-refractivity contribution < 1.29 is 22.7 Å². The Morgan fingerprint density at radius 3 is 2.08 bits per heavy atom. The molecular formula is C31H39N3O5S. The molecule has 214 valence electrons. The molecule has 0 spiro atoms. The Bertz CT molecular complexity index is 1360. The molecule has 0 radical (unpaired) electrons. The van der Waals surface area contributed by atoms with Crippen LogP contribution in [0, 0.1) is 6.92 Å². The Hall–Kier alpha value is -3.85. The van der Waals surface area contributed by atoms with E-state index in [0.29, 0.717) is 17.9 Å². The fraction of sp³-hybridized carbons (Fsp3) is 0.355. The van der Waals surface area contributed by atoms with Gasteiger partial charge in [0.15, 0.2) is 0 Å². The first kappa shape index (κ1) is 30.7. The maximum absolute atomic E-state index is 14.1. The number of hydrogen-bond acceptors (Lipinski definition) is 5. The largest absolute Gasteiger partial charge is 0.497 e. The van der Waals surface area contributed by atoms with E-state index in [1.165, 1.54) is 17.0 Å². The second-order valence-corrected chi connectivity index (χ2v) is 11.6. The summed E-state index contributed by atoms with van der Waals surface area (Å²) in [7, 11) is -2.51. The molecule has 0 heterocycles. The first-order valence-electron chi connectivity index (χ1n) is 13.5. The lowest BCUT2D eigenvalue weighted by Gasteiger charge is -2.33. The summed E-state index contributed by atoms with van der Waals surface area (Å²) in [6.45, 7) is 7.26. The van der Waals surface area contributed by atoms with Crippen molar-refractivity contribution in [1.82, 2.24) is 10.2 Å². The number of benzene rings is 3. The number of para-hydroxylation sites is 1. The first-order valence-corrected chi connectivity index (χ1v) is 14.9. The summed E-state index contributed by atoms with van der Waals surface area (Å²) in [6.07, 6.45) is 1.10. The molecule has 0 aromatic heterocycles. The molecule has 0 bridgehead atoms. The van der Waals surface area contributed by atoms with E-state index in [2.05, 4.69) is 5.32 Å². The number of carbonyl (C=O) groups excluding carboxylic acids is 2. The minimum Gasteiger partial charge on any atom is -0.497 e. The molecule has 3 aromatic rings. The van der Waals surface area contributed by atoms with Crippen LogP contribution in [0.15, 0.2) is 83.8 Å². The molecule has 9 heteroatoms. The molecule has 3 rings (SSSR count). The van der Waals surface area contributed by atoms with Crippen molar-refractivity contribution >= 4 is 27.5 Å². The standard InChI is InChI=1S/C31H39N3O5S/c1-6-24(4)32-31(36)29(7-2)33(21-25-15-17-27(39-5)18-16-25)30(35)22-34(26-11-9-8-10-12-26)40(37,38)28-19-13-23(3)14-20-28/h8-20,24,29H,6-7,21-22H2,1-5H3,(H,32,36)/t24-,29+/m1/s1. The third kappa shape index (κ3) is 7.63. The van der Waals surface area contributed by atoms with Crippen LogP contribution in [0.3, 0.4) is 0 Å². The number of anilines is 1. The average Bonchev–Trinajstić information content (AvgIpc) is 2.96. The van der Waals surface area contributed by atoms with E-state index in [-0.39, 0.29) is 23.4 Å². The number of rotatable bonds is 13. The minimum atomic E-state index is -4.09. The summed E-state index contributed by atoms with van der Waals surface area (Å²) in [5.41, 5.74) is 2.07. The smallest absolute Gasteiger partial charge is 0.264 e. The number of aryl methyl sites for hydroxylation is 1. The fourth-order valence-corrected chi connectivity index (χ4v) is 5.66. The van der Waals surface area contributed by atoms with Gasteiger partial charge in [0.1, 0.15) is 18.3 Å². The van der Waals surface area contributed by atoms with Gasteiger partial charge >= 0.3 is 0 Å². The predicted molar refractivity (Wildman–Crippen MR) is 158 cm³/mol. The van der Waals surface area contributed by atoms with Crippen LogP contribution < -0.4 is 14.4 Å². The van der Waals surface area contributed by atoms with E-state index < -0.39 is 28.5 Å². The van der Waals surface area contributed by atoms with Crippen molar-refractivity contribution in [3.63, 3.8) is 0 Å². The third-order valence-corrected chi connectivity index (χ3v) is 8.62. The second kappa shape index (κ2) is 14.0. The molecular weight excluding hydrogens is 526 g/mol. The molecule has 0 unspecified atom stereocenters. The topological polar surface area (TPSA) is 96.0 Å². The van der Waals surface area contributed by atoms with Crippen LogP contribution in [-0.4, -0.2) is 50.9 Å². The quantitative estimate of drug-likeness (QED) is 0.317. The van der Waals surface area contributed by atoms with E-state index in [1.54, 1.807) is 61.7 Å². The summed E-state index contributed by atoms with van der Waals surface area (Å²) in [5.74, 6) is -0.0875. The first-order chi connectivity index (χ1) is 19.1. The van der Waals surface area contributed by atoms with Crippen LogP contribution >= 0.6 is 0 Å². The van der Waals surface area contributed by atoms with Crippen LogP contribution in [0.25, 0.3) is 0 Å². The lowest BCUT2D eigenvalue weighted by Crippen LogP contribution is -2.53. The highest BCUT2D eigenvalue weighted by Crippen LogP contribution is 2.25. The maximum atomic E-state index is 14.1. The van der Waals surface area contributed by atoms with Gasteiger partial charge < -0.3 is 15.0 Å². The molecule has 40 heavy (non-hydrogen) atoms. The summed E-state index contributed by atoms with van der Waals surface area (Å²) in [5, 5.41) is 2.98. The van der Waals surface area contributed by atoms with Crippen LogP contribution in [0.2, 0.25) is 0 Å². The Kier molecular flexibility index (Phi) is 10.7. The molecule has 0 aliphatic heterocycles. The van der Waals surface area contributed by atoms with Crippen LogP contribution in [0.4, 0.5) is 5.69 Å². The van der Waals surface area contributed by atoms with Gasteiger partial charge in [-0.1, -0.05) is 61.9 Å². The number of amides is 2. The number of nitrogens with one attached hydrogen (secondary N) is 1. The molecule has 0 fully saturated rings. The van der Waals surface area contributed by atoms with E-state index in [1.807, 2.05) is 39.8 Å². The third-order valence-electron chi connectivity index (χ3n) is 6.83. The van der Waals surface area contributed by atoms with E-state index in [4.69, 9.17) is 4.74 Å². The highest BCUT2D eigenvalue weighted by molar-refractivity contribution is 7.92. The molecule has 3 aromatic carbocycles. The zero-order chi connectivity index (χ0) is 29.3. The van der Waals surface area contributed by atoms with Gasteiger partial charge in [0.05, 0.1) is 17.7 Å². The number of nitrogens with zero attached hydrogens (tertiary/aromatic N) is 2. The van der Waals surface area contributed by atoms with Gasteiger partial charge in [-0.25, -0.2) is 8.42 Å². The van der Waals surface area contributed by atoms with Crippen molar-refractivity contribution in [2.75, 3.05) is 18.0 Å². The van der Waals surface area contributed by atoms with Gasteiger partial charge in [-0.15, -0.1) is 0 Å². The molecule has 8 nitrogen and oxygen atoms in total. The zero-order valence-electron chi connectivity index (χ0n) is 23.8. The molecule has 0 saturated carbocycles. The molecule has 2 atom stereocenters. The lowest BCUT2D eigenvalue weighted by atomic mass is 10.1. The van der Waals surface area contributed by atoms with Crippen LogP contribution in [0.5, 0.6) is 5.75 Å². The molecule has 0 saturated heterocycles. The molecule has 0 aliphatic carbocycles. The number of ether oxygens (including phenoxy) is 1. The van der Waals surface area contributed by atoms with Gasteiger partial charge in [-0.05, 0) is 68.7 Å². The average molecular weight is 566 g/mol. The van der Waals surface area contributed by atoms with Crippen molar-refractivity contribution in [1.29, 1.82) is 0 Å². The normalized spacial score (nSPS) is 12.7. The van der Waals surface area contributed by atoms with Gasteiger partial charge in [0.2, 0.25) is 11.8 Å². The SMILES string of the molecule is CC[C@@H](C)NC(=O)[C@H](CC)N(Cc1ccc(OC)cc1)C(=O)CN(c1ccccc1)S(=O)(=O)c1ccc(C)cc1. The second-order valence-electron chi connectivity index (χ2n) is 9.77. The molecule has 1 N–H and O–H groups in total. The number of carbonyl (C=O) groups is 2. The van der Waals surface area contributed by atoms with E-state index in [9.17, 15) is 18.0 Å². The highest BCUT2D eigenvalue weighted by atomic mass is 32.2.